The molecule has 1 aliphatic rings. The highest BCUT2D eigenvalue weighted by Gasteiger charge is 2.25. The van der Waals surface area contributed by atoms with Crippen LogP contribution in [0.15, 0.2) is 24.3 Å². The maximum atomic E-state index is 11.7. The molecule has 0 radical (unpaired) electrons. The maximum absolute atomic E-state index is 11.7. The van der Waals surface area contributed by atoms with Crippen LogP contribution in [0.4, 0.5) is 5.69 Å². The first kappa shape index (κ1) is 14.7. The van der Waals surface area contributed by atoms with Crippen LogP contribution in [0.5, 0.6) is 5.75 Å². The van der Waals surface area contributed by atoms with Crippen LogP contribution in [0.1, 0.15) is 26.7 Å². The van der Waals surface area contributed by atoms with Crippen LogP contribution >= 0.6 is 0 Å². The Hall–Kier alpha value is -1.71. The first-order valence-corrected chi connectivity index (χ1v) is 7.17. The summed E-state index contributed by atoms with van der Waals surface area (Å²) in [5.41, 5.74) is 1.19. The molecule has 0 bridgehead atoms. The van der Waals surface area contributed by atoms with Crippen molar-refractivity contribution < 1.29 is 14.3 Å². The molecule has 1 aliphatic heterocycles. The van der Waals surface area contributed by atoms with Crippen molar-refractivity contribution in [3.63, 3.8) is 0 Å². The van der Waals surface area contributed by atoms with Gasteiger partial charge in [-0.25, -0.2) is 0 Å². The summed E-state index contributed by atoms with van der Waals surface area (Å²) >= 11 is 0. The average molecular weight is 277 g/mol. The van der Waals surface area contributed by atoms with Crippen LogP contribution in [0.25, 0.3) is 0 Å². The number of carbonyl (C=O) groups excluding carboxylic acids is 1. The molecule has 1 unspecified atom stereocenters. The Morgan fingerprint density at radius 1 is 1.35 bits per heavy atom. The second-order valence-corrected chi connectivity index (χ2v) is 5.54. The molecule has 0 spiro atoms. The molecule has 20 heavy (non-hydrogen) atoms. The number of hydrogen-bond acceptors (Lipinski definition) is 4. The van der Waals surface area contributed by atoms with Crippen LogP contribution in [0.2, 0.25) is 0 Å². The molecule has 2 rings (SSSR count). The van der Waals surface area contributed by atoms with Crippen LogP contribution in [0, 0.1) is 5.92 Å². The summed E-state index contributed by atoms with van der Waals surface area (Å²) in [6.45, 7) is 5.68. The van der Waals surface area contributed by atoms with Gasteiger partial charge in [0.25, 0.3) is 0 Å². The van der Waals surface area contributed by atoms with Crippen molar-refractivity contribution in [2.75, 3.05) is 25.1 Å². The van der Waals surface area contributed by atoms with E-state index in [0.29, 0.717) is 12.3 Å². The van der Waals surface area contributed by atoms with Crippen molar-refractivity contribution in [2.24, 2.45) is 5.92 Å². The summed E-state index contributed by atoms with van der Waals surface area (Å²) in [6, 6.07) is 8.06. The van der Waals surface area contributed by atoms with E-state index in [2.05, 4.69) is 17.0 Å². The van der Waals surface area contributed by atoms with Gasteiger partial charge in [0.05, 0.1) is 19.6 Å². The van der Waals surface area contributed by atoms with Gasteiger partial charge in [0.1, 0.15) is 5.75 Å². The van der Waals surface area contributed by atoms with Gasteiger partial charge in [0.2, 0.25) is 0 Å². The van der Waals surface area contributed by atoms with Gasteiger partial charge in [0.15, 0.2) is 0 Å². The SMILES string of the molecule is COc1ccc(N2CCC(CC(=O)OC(C)C)C2)cc1. The predicted molar refractivity (Wildman–Crippen MR) is 79.2 cm³/mol. The molecule has 0 saturated carbocycles. The molecule has 4 nitrogen and oxygen atoms in total. The smallest absolute Gasteiger partial charge is 0.306 e. The molecule has 1 fully saturated rings. The third kappa shape index (κ3) is 3.89. The lowest BCUT2D eigenvalue weighted by Gasteiger charge is -2.19. The minimum atomic E-state index is -0.0819. The number of anilines is 1. The highest BCUT2D eigenvalue weighted by atomic mass is 16.5. The van der Waals surface area contributed by atoms with E-state index < -0.39 is 0 Å². The standard InChI is InChI=1S/C16H23NO3/c1-12(2)20-16(18)10-13-8-9-17(11-13)14-4-6-15(19-3)7-5-14/h4-7,12-13H,8-11H2,1-3H3. The number of hydrogen-bond donors (Lipinski definition) is 0. The lowest BCUT2D eigenvalue weighted by atomic mass is 10.1. The fraction of sp³-hybridized carbons (Fsp3) is 0.562. The number of esters is 1. The summed E-state index contributed by atoms with van der Waals surface area (Å²) in [4.78, 5) is 14.0. The molecule has 0 aliphatic carbocycles. The van der Waals surface area contributed by atoms with Gasteiger partial charge in [-0.3, -0.25) is 4.79 Å². The topological polar surface area (TPSA) is 38.8 Å². The Bertz CT molecular complexity index is 442. The van der Waals surface area contributed by atoms with E-state index in [1.807, 2.05) is 26.0 Å². The third-order valence-corrected chi connectivity index (χ3v) is 3.55. The van der Waals surface area contributed by atoms with Gasteiger partial charge in [-0.2, -0.15) is 0 Å². The minimum Gasteiger partial charge on any atom is -0.497 e. The fourth-order valence-corrected chi connectivity index (χ4v) is 2.57. The van der Waals surface area contributed by atoms with Crippen LogP contribution in [0.3, 0.4) is 0 Å². The predicted octanol–water partition coefficient (Wildman–Crippen LogP) is 2.86. The molecule has 1 saturated heterocycles. The first-order chi connectivity index (χ1) is 9.58. The van der Waals surface area contributed by atoms with E-state index in [4.69, 9.17) is 9.47 Å². The van der Waals surface area contributed by atoms with E-state index >= 15 is 0 Å². The van der Waals surface area contributed by atoms with E-state index in [0.717, 1.165) is 25.3 Å². The molecule has 4 heteroatoms. The Morgan fingerprint density at radius 3 is 2.65 bits per heavy atom. The molecule has 0 aromatic heterocycles. The number of nitrogens with zero attached hydrogens (tertiary/aromatic N) is 1. The molecular formula is C16H23NO3. The quantitative estimate of drug-likeness (QED) is 0.776. The van der Waals surface area contributed by atoms with Gasteiger partial charge in [-0.15, -0.1) is 0 Å². The number of methoxy groups -OCH3 is 1. The third-order valence-electron chi connectivity index (χ3n) is 3.55. The molecule has 110 valence electrons. The normalized spacial score (nSPS) is 18.4. The lowest BCUT2D eigenvalue weighted by molar-refractivity contribution is -0.148. The van der Waals surface area contributed by atoms with Crippen molar-refractivity contribution in [1.82, 2.24) is 0 Å². The highest BCUT2D eigenvalue weighted by Crippen LogP contribution is 2.27. The second-order valence-electron chi connectivity index (χ2n) is 5.54. The number of rotatable bonds is 5. The molecular weight excluding hydrogens is 254 g/mol. The first-order valence-electron chi connectivity index (χ1n) is 7.17. The van der Waals surface area contributed by atoms with Gasteiger partial charge in [0, 0.05) is 18.8 Å². The number of benzene rings is 1. The monoisotopic (exact) mass is 277 g/mol. The Kier molecular flexibility index (Phi) is 4.88. The summed E-state index contributed by atoms with van der Waals surface area (Å²) < 4.78 is 10.4. The Balaban J connectivity index is 1.86. The highest BCUT2D eigenvalue weighted by molar-refractivity contribution is 5.70. The minimum absolute atomic E-state index is 0.0263. The van der Waals surface area contributed by atoms with Gasteiger partial charge in [-0.1, -0.05) is 0 Å². The van der Waals surface area contributed by atoms with Crippen molar-refractivity contribution in [3.8, 4) is 5.75 Å². The zero-order chi connectivity index (χ0) is 14.5. The van der Waals surface area contributed by atoms with E-state index in [-0.39, 0.29) is 12.1 Å². The van der Waals surface area contributed by atoms with Crippen LogP contribution in [-0.4, -0.2) is 32.3 Å². The van der Waals surface area contributed by atoms with E-state index in [1.165, 1.54) is 5.69 Å². The van der Waals surface area contributed by atoms with Crippen molar-refractivity contribution in [1.29, 1.82) is 0 Å². The van der Waals surface area contributed by atoms with Crippen molar-refractivity contribution in [3.05, 3.63) is 24.3 Å². The lowest BCUT2D eigenvalue weighted by Crippen LogP contribution is -2.21. The van der Waals surface area contributed by atoms with Crippen LogP contribution in [-0.2, 0) is 9.53 Å². The van der Waals surface area contributed by atoms with Crippen LogP contribution < -0.4 is 9.64 Å². The summed E-state index contributed by atoms with van der Waals surface area (Å²) in [5, 5.41) is 0. The summed E-state index contributed by atoms with van der Waals surface area (Å²) in [7, 11) is 1.67. The summed E-state index contributed by atoms with van der Waals surface area (Å²) in [6.07, 6.45) is 1.53. The Labute approximate surface area is 120 Å². The largest absolute Gasteiger partial charge is 0.497 e. The zero-order valence-corrected chi connectivity index (χ0v) is 12.5. The van der Waals surface area contributed by atoms with Gasteiger partial charge < -0.3 is 14.4 Å². The molecule has 0 amide bonds. The number of ether oxygens (including phenoxy) is 2. The average Bonchev–Trinajstić information content (AvgIpc) is 2.86. The Morgan fingerprint density at radius 2 is 2.05 bits per heavy atom. The van der Waals surface area contributed by atoms with E-state index in [9.17, 15) is 4.79 Å². The maximum Gasteiger partial charge on any atom is 0.306 e. The second kappa shape index (κ2) is 6.64. The molecule has 1 heterocycles. The van der Waals surface area contributed by atoms with Crippen molar-refractivity contribution in [2.45, 2.75) is 32.8 Å². The van der Waals surface area contributed by atoms with E-state index in [1.54, 1.807) is 7.11 Å². The zero-order valence-electron chi connectivity index (χ0n) is 12.5. The molecule has 1 aromatic rings. The van der Waals surface area contributed by atoms with Gasteiger partial charge in [-0.05, 0) is 50.5 Å². The molecule has 1 aromatic carbocycles. The summed E-state index contributed by atoms with van der Waals surface area (Å²) in [5.74, 6) is 1.18. The molecule has 1 atom stereocenters. The fourth-order valence-electron chi connectivity index (χ4n) is 2.57. The number of carbonyl (C=O) groups is 1. The van der Waals surface area contributed by atoms with Crippen molar-refractivity contribution >= 4 is 11.7 Å². The molecule has 0 N–H and O–H groups in total. The van der Waals surface area contributed by atoms with Gasteiger partial charge >= 0.3 is 5.97 Å².